The summed E-state index contributed by atoms with van der Waals surface area (Å²) < 4.78 is 5.40. The van der Waals surface area contributed by atoms with Gasteiger partial charge >= 0.3 is 0 Å². The van der Waals surface area contributed by atoms with E-state index >= 15 is 0 Å². The van der Waals surface area contributed by atoms with Crippen LogP contribution in [0.15, 0.2) is 39.9 Å². The molecule has 1 N–H and O–H groups in total. The molecule has 1 aromatic carbocycles. The van der Waals surface area contributed by atoms with Crippen LogP contribution in [0.3, 0.4) is 0 Å². The highest BCUT2D eigenvalue weighted by Gasteiger charge is 2.11. The van der Waals surface area contributed by atoms with Crippen LogP contribution in [0.1, 0.15) is 11.1 Å². The number of aliphatic imine (C=N–C) groups is 1. The molecule has 0 atom stereocenters. The number of benzene rings is 1. The van der Waals surface area contributed by atoms with E-state index in [0.29, 0.717) is 16.9 Å². The Morgan fingerprint density at radius 1 is 1.20 bits per heavy atom. The smallest absolute Gasteiger partial charge is 0.225 e. The molecule has 1 aliphatic heterocycles. The first-order valence-corrected chi connectivity index (χ1v) is 6.48. The number of aromatic nitrogens is 2. The number of hydrogen-bond acceptors (Lipinski definition) is 5. The maximum Gasteiger partial charge on any atom is 0.225 e. The molecule has 5 nitrogen and oxygen atoms in total. The molecule has 0 bridgehead atoms. The van der Waals surface area contributed by atoms with Crippen LogP contribution < -0.4 is 5.32 Å². The monoisotopic (exact) mass is 284 g/mol. The Morgan fingerprint density at radius 2 is 2.15 bits per heavy atom. The average molecular weight is 285 g/mol. The summed E-state index contributed by atoms with van der Waals surface area (Å²) in [6, 6.07) is 7.81. The summed E-state index contributed by atoms with van der Waals surface area (Å²) in [6.07, 6.45) is 3.44. The first-order chi connectivity index (χ1) is 9.79. The van der Waals surface area contributed by atoms with Crippen LogP contribution in [-0.4, -0.2) is 16.2 Å². The molecule has 20 heavy (non-hydrogen) atoms. The Hall–Kier alpha value is -2.40. The lowest BCUT2D eigenvalue weighted by Crippen LogP contribution is -1.97. The highest BCUT2D eigenvalue weighted by Crippen LogP contribution is 2.27. The largest absolute Gasteiger partial charge is 0.459 e. The van der Waals surface area contributed by atoms with Gasteiger partial charge in [0.05, 0.1) is 12.8 Å². The molecule has 0 aliphatic carbocycles. The Bertz CT molecular complexity index is 840. The topological polar surface area (TPSA) is 63.3 Å². The van der Waals surface area contributed by atoms with Crippen LogP contribution in [-0.2, 0) is 6.54 Å². The van der Waals surface area contributed by atoms with Crippen molar-refractivity contribution < 1.29 is 4.42 Å². The number of anilines is 2. The zero-order valence-electron chi connectivity index (χ0n) is 10.3. The van der Waals surface area contributed by atoms with Gasteiger partial charge in [0, 0.05) is 18.0 Å². The number of nitrogens with zero attached hydrogens (tertiary/aromatic N) is 3. The average Bonchev–Trinajstić information content (AvgIpc) is 3.05. The highest BCUT2D eigenvalue weighted by atomic mass is 35.5. The first-order valence-electron chi connectivity index (χ1n) is 6.10. The second-order valence-electron chi connectivity index (χ2n) is 4.48. The fraction of sp³-hybridized carbons (Fsp3) is 0.0714. The SMILES string of the molecule is Clc1nc(Nc2ccc3c(c2)C=NC3)c2occc2n1. The van der Waals surface area contributed by atoms with E-state index in [1.807, 2.05) is 24.4 Å². The van der Waals surface area contributed by atoms with Crippen LogP contribution in [0.2, 0.25) is 5.28 Å². The van der Waals surface area contributed by atoms with Crippen molar-refractivity contribution in [1.29, 1.82) is 0 Å². The number of halogens is 1. The van der Waals surface area contributed by atoms with Gasteiger partial charge in [-0.2, -0.15) is 4.98 Å². The molecule has 0 fully saturated rings. The van der Waals surface area contributed by atoms with Crippen molar-refractivity contribution in [2.45, 2.75) is 6.54 Å². The third-order valence-corrected chi connectivity index (χ3v) is 3.35. The number of hydrogen-bond donors (Lipinski definition) is 1. The van der Waals surface area contributed by atoms with Crippen LogP contribution >= 0.6 is 11.6 Å². The summed E-state index contributed by atoms with van der Waals surface area (Å²) in [4.78, 5) is 12.5. The Morgan fingerprint density at radius 3 is 3.10 bits per heavy atom. The van der Waals surface area contributed by atoms with E-state index < -0.39 is 0 Å². The highest BCUT2D eigenvalue weighted by molar-refractivity contribution is 6.28. The molecule has 0 spiro atoms. The summed E-state index contributed by atoms with van der Waals surface area (Å²) in [7, 11) is 0. The fourth-order valence-electron chi connectivity index (χ4n) is 2.24. The van der Waals surface area contributed by atoms with E-state index in [2.05, 4.69) is 20.3 Å². The number of fused-ring (bicyclic) bond motifs is 2. The van der Waals surface area contributed by atoms with Crippen LogP contribution in [0.5, 0.6) is 0 Å². The fourth-order valence-corrected chi connectivity index (χ4v) is 2.41. The minimum absolute atomic E-state index is 0.184. The second kappa shape index (κ2) is 4.31. The molecule has 3 heterocycles. The molecule has 0 amide bonds. The molecule has 4 rings (SSSR count). The van der Waals surface area contributed by atoms with Gasteiger partial charge in [0.2, 0.25) is 5.28 Å². The van der Waals surface area contributed by atoms with Crippen molar-refractivity contribution in [2.75, 3.05) is 5.32 Å². The molecular weight excluding hydrogens is 276 g/mol. The third-order valence-electron chi connectivity index (χ3n) is 3.18. The molecular formula is C14H9ClN4O. The van der Waals surface area contributed by atoms with Crippen LogP contribution in [0.4, 0.5) is 11.5 Å². The third kappa shape index (κ3) is 1.83. The summed E-state index contributed by atoms with van der Waals surface area (Å²) in [6.45, 7) is 0.747. The standard InChI is InChI=1S/C14H9ClN4O/c15-14-18-11-3-4-20-12(11)13(19-14)17-10-2-1-8-6-16-7-9(8)5-10/h1-5,7H,6H2,(H,17,18,19). The van der Waals surface area contributed by atoms with Crippen LogP contribution in [0, 0.1) is 0 Å². The minimum Gasteiger partial charge on any atom is -0.459 e. The molecule has 0 saturated carbocycles. The molecule has 2 aromatic heterocycles. The van der Waals surface area contributed by atoms with E-state index in [9.17, 15) is 0 Å². The van der Waals surface area contributed by atoms with Gasteiger partial charge in [0.1, 0.15) is 5.52 Å². The van der Waals surface area contributed by atoms with Gasteiger partial charge in [-0.25, -0.2) is 4.98 Å². The Kier molecular flexibility index (Phi) is 2.47. The second-order valence-corrected chi connectivity index (χ2v) is 4.82. The predicted molar refractivity (Wildman–Crippen MR) is 77.8 cm³/mol. The molecule has 98 valence electrons. The predicted octanol–water partition coefficient (Wildman–Crippen LogP) is 3.55. The lowest BCUT2D eigenvalue weighted by molar-refractivity contribution is 0.615. The van der Waals surface area contributed by atoms with Crippen molar-refractivity contribution >= 4 is 40.4 Å². The summed E-state index contributed by atoms with van der Waals surface area (Å²) in [5.41, 5.74) is 4.51. The maximum absolute atomic E-state index is 5.92. The maximum atomic E-state index is 5.92. The van der Waals surface area contributed by atoms with E-state index in [0.717, 1.165) is 17.8 Å². The first kappa shape index (κ1) is 11.4. The molecule has 0 unspecified atom stereocenters. The van der Waals surface area contributed by atoms with Gasteiger partial charge < -0.3 is 9.73 Å². The van der Waals surface area contributed by atoms with Gasteiger partial charge in [0.25, 0.3) is 0 Å². The van der Waals surface area contributed by atoms with Crippen molar-refractivity contribution in [2.24, 2.45) is 4.99 Å². The summed E-state index contributed by atoms with van der Waals surface area (Å²) in [5.74, 6) is 0.555. The summed E-state index contributed by atoms with van der Waals surface area (Å²) in [5, 5.41) is 3.40. The van der Waals surface area contributed by atoms with E-state index in [4.69, 9.17) is 16.0 Å². The molecule has 6 heteroatoms. The zero-order valence-corrected chi connectivity index (χ0v) is 11.1. The van der Waals surface area contributed by atoms with Gasteiger partial charge in [0.15, 0.2) is 11.4 Å². The number of nitrogens with one attached hydrogen (secondary N) is 1. The van der Waals surface area contributed by atoms with Crippen molar-refractivity contribution in [1.82, 2.24) is 9.97 Å². The molecule has 0 saturated heterocycles. The Balaban J connectivity index is 1.77. The summed E-state index contributed by atoms with van der Waals surface area (Å²) >= 11 is 5.92. The minimum atomic E-state index is 0.184. The quantitative estimate of drug-likeness (QED) is 0.731. The lowest BCUT2D eigenvalue weighted by atomic mass is 10.1. The van der Waals surface area contributed by atoms with Gasteiger partial charge in [-0.1, -0.05) is 6.07 Å². The number of rotatable bonds is 2. The van der Waals surface area contributed by atoms with Gasteiger partial charge in [-0.15, -0.1) is 0 Å². The normalized spacial score (nSPS) is 12.8. The van der Waals surface area contributed by atoms with E-state index in [-0.39, 0.29) is 5.28 Å². The zero-order chi connectivity index (χ0) is 13.5. The van der Waals surface area contributed by atoms with E-state index in [1.165, 1.54) is 5.56 Å². The van der Waals surface area contributed by atoms with Crippen molar-refractivity contribution in [3.63, 3.8) is 0 Å². The lowest BCUT2D eigenvalue weighted by Gasteiger charge is -2.07. The van der Waals surface area contributed by atoms with Crippen molar-refractivity contribution in [3.05, 3.63) is 46.9 Å². The van der Waals surface area contributed by atoms with Gasteiger partial charge in [-0.3, -0.25) is 4.99 Å². The molecule has 3 aromatic rings. The van der Waals surface area contributed by atoms with Crippen molar-refractivity contribution in [3.8, 4) is 0 Å². The number of furan rings is 1. The van der Waals surface area contributed by atoms with Crippen LogP contribution in [0.25, 0.3) is 11.1 Å². The van der Waals surface area contributed by atoms with E-state index in [1.54, 1.807) is 12.3 Å². The molecule has 0 radical (unpaired) electrons. The molecule has 1 aliphatic rings. The van der Waals surface area contributed by atoms with Gasteiger partial charge in [-0.05, 0) is 34.9 Å². The Labute approximate surface area is 119 Å².